The second kappa shape index (κ2) is 5.37. The van der Waals surface area contributed by atoms with Gasteiger partial charge in [-0.25, -0.2) is 0 Å². The van der Waals surface area contributed by atoms with Crippen LogP contribution in [0.3, 0.4) is 0 Å². The smallest absolute Gasteiger partial charge is 0.323 e. The molecule has 1 aliphatic rings. The van der Waals surface area contributed by atoms with Gasteiger partial charge in [0, 0.05) is 18.2 Å². The van der Waals surface area contributed by atoms with E-state index in [1.807, 2.05) is 18.2 Å². The maximum Gasteiger partial charge on any atom is 0.323 e. The van der Waals surface area contributed by atoms with E-state index in [0.717, 1.165) is 18.2 Å². The molecule has 0 radical (unpaired) electrons. The van der Waals surface area contributed by atoms with E-state index < -0.39 is 0 Å². The highest BCUT2D eigenvalue weighted by Crippen LogP contribution is 2.23. The number of rotatable bonds is 3. The third kappa shape index (κ3) is 2.57. The normalized spacial score (nSPS) is 20.9. The molecule has 0 bridgehead atoms. The Bertz CT molecular complexity index is 355. The van der Waals surface area contributed by atoms with Crippen LogP contribution in [0.1, 0.15) is 5.56 Å². The summed E-state index contributed by atoms with van der Waals surface area (Å²) in [7, 11) is 1.45. The fraction of sp³-hybridized carbons (Fsp3) is 0.417. The van der Waals surface area contributed by atoms with Gasteiger partial charge in [-0.3, -0.25) is 9.69 Å². The highest BCUT2D eigenvalue weighted by atomic mass is 32.2. The third-order valence-corrected chi connectivity index (χ3v) is 3.74. The van der Waals surface area contributed by atoms with Crippen LogP contribution in [0.4, 0.5) is 0 Å². The van der Waals surface area contributed by atoms with Gasteiger partial charge in [0.2, 0.25) is 0 Å². The average molecular weight is 237 g/mol. The Morgan fingerprint density at radius 2 is 2.25 bits per heavy atom. The zero-order valence-electron chi connectivity index (χ0n) is 9.26. The molecular weight excluding hydrogens is 222 g/mol. The number of thioether (sulfide) groups is 1. The zero-order valence-corrected chi connectivity index (χ0v) is 10.1. The fourth-order valence-corrected chi connectivity index (χ4v) is 2.99. The molecule has 1 aromatic rings. The molecule has 1 aliphatic heterocycles. The predicted octanol–water partition coefficient (Wildman–Crippen LogP) is 1.73. The molecule has 1 atom stereocenters. The summed E-state index contributed by atoms with van der Waals surface area (Å²) in [6.07, 6.45) is 0. The van der Waals surface area contributed by atoms with Crippen LogP contribution >= 0.6 is 11.8 Å². The van der Waals surface area contributed by atoms with E-state index in [1.165, 1.54) is 12.7 Å². The van der Waals surface area contributed by atoms with Gasteiger partial charge in [0.05, 0.1) is 7.11 Å². The lowest BCUT2D eigenvalue weighted by molar-refractivity contribution is -0.145. The van der Waals surface area contributed by atoms with E-state index in [9.17, 15) is 4.79 Å². The van der Waals surface area contributed by atoms with Crippen molar-refractivity contribution in [3.8, 4) is 0 Å². The van der Waals surface area contributed by atoms with Crippen molar-refractivity contribution in [3.05, 3.63) is 35.9 Å². The first-order valence-corrected chi connectivity index (χ1v) is 6.40. The molecule has 0 saturated carbocycles. The first kappa shape index (κ1) is 11.5. The van der Waals surface area contributed by atoms with Gasteiger partial charge in [0.25, 0.3) is 0 Å². The molecule has 1 aromatic carbocycles. The quantitative estimate of drug-likeness (QED) is 0.749. The molecule has 1 unspecified atom stereocenters. The number of carbonyl (C=O) groups is 1. The predicted molar refractivity (Wildman–Crippen MR) is 65.1 cm³/mol. The average Bonchev–Trinajstić information content (AvgIpc) is 2.77. The molecule has 1 heterocycles. The minimum Gasteiger partial charge on any atom is -0.468 e. The highest BCUT2D eigenvalue weighted by Gasteiger charge is 2.31. The Hall–Kier alpha value is -1.00. The van der Waals surface area contributed by atoms with Gasteiger partial charge in [-0.15, -0.1) is 11.8 Å². The summed E-state index contributed by atoms with van der Waals surface area (Å²) in [6.45, 7) is 0.813. The molecule has 0 N–H and O–H groups in total. The zero-order chi connectivity index (χ0) is 11.4. The summed E-state index contributed by atoms with van der Waals surface area (Å²) in [4.78, 5) is 13.7. The van der Waals surface area contributed by atoms with Gasteiger partial charge in [-0.2, -0.15) is 0 Å². The van der Waals surface area contributed by atoms with Crippen molar-refractivity contribution >= 4 is 17.7 Å². The number of hydrogen-bond acceptors (Lipinski definition) is 4. The Morgan fingerprint density at radius 1 is 1.50 bits per heavy atom. The molecule has 0 spiro atoms. The van der Waals surface area contributed by atoms with Crippen LogP contribution < -0.4 is 0 Å². The Morgan fingerprint density at radius 3 is 2.94 bits per heavy atom. The number of hydrogen-bond donors (Lipinski definition) is 0. The van der Waals surface area contributed by atoms with Gasteiger partial charge >= 0.3 is 5.97 Å². The lowest BCUT2D eigenvalue weighted by Gasteiger charge is -2.21. The fourth-order valence-electron chi connectivity index (χ4n) is 1.80. The number of esters is 1. The number of carbonyl (C=O) groups excluding carboxylic acids is 1. The minimum atomic E-state index is -0.124. The van der Waals surface area contributed by atoms with Crippen LogP contribution in [0.15, 0.2) is 30.3 Å². The van der Waals surface area contributed by atoms with E-state index in [2.05, 4.69) is 17.0 Å². The van der Waals surface area contributed by atoms with Crippen LogP contribution in [-0.4, -0.2) is 35.7 Å². The van der Waals surface area contributed by atoms with Gasteiger partial charge in [-0.05, 0) is 5.56 Å². The molecular formula is C12H15NO2S. The summed E-state index contributed by atoms with van der Waals surface area (Å²) in [5.74, 6) is 1.61. The van der Waals surface area contributed by atoms with E-state index >= 15 is 0 Å². The number of ether oxygens (including phenoxy) is 1. The van der Waals surface area contributed by atoms with Gasteiger partial charge in [-0.1, -0.05) is 30.3 Å². The summed E-state index contributed by atoms with van der Waals surface area (Å²) in [5, 5.41) is 0. The lowest BCUT2D eigenvalue weighted by atomic mass is 10.2. The largest absolute Gasteiger partial charge is 0.468 e. The van der Waals surface area contributed by atoms with Gasteiger partial charge in [0.1, 0.15) is 6.04 Å². The molecule has 0 amide bonds. The van der Waals surface area contributed by atoms with Crippen molar-refractivity contribution < 1.29 is 9.53 Å². The number of benzene rings is 1. The van der Waals surface area contributed by atoms with Crippen LogP contribution in [0.25, 0.3) is 0 Å². The molecule has 1 saturated heterocycles. The van der Waals surface area contributed by atoms with Gasteiger partial charge in [0.15, 0.2) is 0 Å². The van der Waals surface area contributed by atoms with Crippen LogP contribution in [-0.2, 0) is 16.1 Å². The second-order valence-corrected chi connectivity index (χ2v) is 4.77. The van der Waals surface area contributed by atoms with Crippen LogP contribution in [0.5, 0.6) is 0 Å². The first-order chi connectivity index (χ1) is 7.81. The summed E-state index contributed by atoms with van der Waals surface area (Å²) >= 11 is 1.78. The standard InChI is InChI=1S/C12H15NO2S/c1-15-12(14)11-8-16-9-13(11)7-10-5-3-2-4-6-10/h2-6,11H,7-9H2,1H3. The lowest BCUT2D eigenvalue weighted by Crippen LogP contribution is -2.38. The third-order valence-electron chi connectivity index (χ3n) is 2.68. The van der Waals surface area contributed by atoms with E-state index in [1.54, 1.807) is 11.8 Å². The van der Waals surface area contributed by atoms with Crippen molar-refractivity contribution in [1.29, 1.82) is 0 Å². The molecule has 3 nitrogen and oxygen atoms in total. The SMILES string of the molecule is COC(=O)C1CSCN1Cc1ccccc1. The summed E-state index contributed by atoms with van der Waals surface area (Å²) < 4.78 is 4.81. The van der Waals surface area contributed by atoms with Crippen molar-refractivity contribution in [2.75, 3.05) is 18.7 Å². The van der Waals surface area contributed by atoms with Crippen molar-refractivity contribution in [3.63, 3.8) is 0 Å². The van der Waals surface area contributed by atoms with Crippen LogP contribution in [0.2, 0.25) is 0 Å². The first-order valence-electron chi connectivity index (χ1n) is 5.25. The summed E-state index contributed by atoms with van der Waals surface area (Å²) in [5.41, 5.74) is 1.24. The molecule has 86 valence electrons. The second-order valence-electron chi connectivity index (χ2n) is 3.77. The maximum absolute atomic E-state index is 11.5. The number of nitrogens with zero attached hydrogens (tertiary/aromatic N) is 1. The molecule has 4 heteroatoms. The Balaban J connectivity index is 2.01. The van der Waals surface area contributed by atoms with Crippen molar-refractivity contribution in [1.82, 2.24) is 4.90 Å². The highest BCUT2D eigenvalue weighted by molar-refractivity contribution is 7.99. The van der Waals surface area contributed by atoms with E-state index in [-0.39, 0.29) is 12.0 Å². The summed E-state index contributed by atoms with van der Waals surface area (Å²) in [6, 6.07) is 10.1. The monoisotopic (exact) mass is 237 g/mol. The Kier molecular flexibility index (Phi) is 3.85. The molecule has 2 rings (SSSR count). The van der Waals surface area contributed by atoms with E-state index in [0.29, 0.717) is 0 Å². The molecule has 16 heavy (non-hydrogen) atoms. The van der Waals surface area contributed by atoms with Crippen LogP contribution in [0, 0.1) is 0 Å². The molecule has 0 aliphatic carbocycles. The van der Waals surface area contributed by atoms with Crippen molar-refractivity contribution in [2.24, 2.45) is 0 Å². The molecule has 1 fully saturated rings. The molecule has 0 aromatic heterocycles. The number of methoxy groups -OCH3 is 1. The van der Waals surface area contributed by atoms with Crippen molar-refractivity contribution in [2.45, 2.75) is 12.6 Å². The minimum absolute atomic E-state index is 0.0878. The Labute approximate surface area is 99.8 Å². The van der Waals surface area contributed by atoms with E-state index in [4.69, 9.17) is 4.74 Å². The maximum atomic E-state index is 11.5. The topological polar surface area (TPSA) is 29.5 Å². The van der Waals surface area contributed by atoms with Gasteiger partial charge < -0.3 is 4.74 Å².